The molecule has 0 amide bonds. The standard InChI is InChI=1S/C16H18N2O4/c1-10(21-16(19)12-4-3-5-12)14-17-18-15(22-14)11-6-8-13(20-2)9-7-11/h6-10,12H,3-5H2,1-2H3/t10-/m0/s1. The Hall–Kier alpha value is -2.37. The average molecular weight is 302 g/mol. The van der Waals surface area contributed by atoms with E-state index in [4.69, 9.17) is 13.9 Å². The van der Waals surface area contributed by atoms with Crippen LogP contribution >= 0.6 is 0 Å². The smallest absolute Gasteiger partial charge is 0.309 e. The van der Waals surface area contributed by atoms with Crippen molar-refractivity contribution in [2.24, 2.45) is 5.92 Å². The number of carbonyl (C=O) groups is 1. The summed E-state index contributed by atoms with van der Waals surface area (Å²) < 4.78 is 16.1. The van der Waals surface area contributed by atoms with Gasteiger partial charge < -0.3 is 13.9 Å². The fourth-order valence-electron chi connectivity index (χ4n) is 2.21. The molecule has 116 valence electrons. The summed E-state index contributed by atoms with van der Waals surface area (Å²) in [5.74, 6) is 1.31. The van der Waals surface area contributed by atoms with E-state index < -0.39 is 6.10 Å². The molecule has 0 unspecified atom stereocenters. The molecular weight excluding hydrogens is 284 g/mol. The van der Waals surface area contributed by atoms with Gasteiger partial charge in [-0.15, -0.1) is 10.2 Å². The number of hydrogen-bond acceptors (Lipinski definition) is 6. The van der Waals surface area contributed by atoms with Crippen LogP contribution in [0.15, 0.2) is 28.7 Å². The predicted octanol–water partition coefficient (Wildman–Crippen LogP) is 3.15. The van der Waals surface area contributed by atoms with Crippen LogP contribution in [0.25, 0.3) is 11.5 Å². The molecule has 0 radical (unpaired) electrons. The molecule has 1 heterocycles. The summed E-state index contributed by atoms with van der Waals surface area (Å²) in [4.78, 5) is 11.8. The van der Waals surface area contributed by atoms with Crippen molar-refractivity contribution in [2.45, 2.75) is 32.3 Å². The number of benzene rings is 1. The first-order valence-corrected chi connectivity index (χ1v) is 7.35. The van der Waals surface area contributed by atoms with Gasteiger partial charge in [-0.25, -0.2) is 0 Å². The summed E-state index contributed by atoms with van der Waals surface area (Å²) >= 11 is 0. The Bertz CT molecular complexity index is 646. The van der Waals surface area contributed by atoms with E-state index in [1.165, 1.54) is 0 Å². The van der Waals surface area contributed by atoms with E-state index in [9.17, 15) is 4.79 Å². The lowest BCUT2D eigenvalue weighted by Gasteiger charge is -2.24. The first-order chi connectivity index (χ1) is 10.7. The molecule has 0 N–H and O–H groups in total. The van der Waals surface area contributed by atoms with Crippen molar-refractivity contribution in [2.75, 3.05) is 7.11 Å². The highest BCUT2D eigenvalue weighted by atomic mass is 16.6. The molecule has 1 aliphatic rings. The number of nitrogens with zero attached hydrogens (tertiary/aromatic N) is 2. The molecule has 1 saturated carbocycles. The third-order valence-corrected chi connectivity index (χ3v) is 3.86. The van der Waals surface area contributed by atoms with Gasteiger partial charge in [-0.05, 0) is 44.0 Å². The van der Waals surface area contributed by atoms with Crippen LogP contribution in [0, 0.1) is 5.92 Å². The fourth-order valence-corrected chi connectivity index (χ4v) is 2.21. The van der Waals surface area contributed by atoms with Crippen molar-refractivity contribution < 1.29 is 18.7 Å². The van der Waals surface area contributed by atoms with Gasteiger partial charge in [0.1, 0.15) is 5.75 Å². The second-order valence-electron chi connectivity index (χ2n) is 5.38. The highest BCUT2D eigenvalue weighted by Crippen LogP contribution is 2.30. The van der Waals surface area contributed by atoms with Crippen molar-refractivity contribution in [3.8, 4) is 17.2 Å². The monoisotopic (exact) mass is 302 g/mol. The summed E-state index contributed by atoms with van der Waals surface area (Å²) in [5, 5.41) is 7.97. The normalized spacial score (nSPS) is 15.9. The highest BCUT2D eigenvalue weighted by Gasteiger charge is 2.29. The Labute approximate surface area is 128 Å². The first kappa shape index (κ1) is 14.6. The lowest BCUT2D eigenvalue weighted by Crippen LogP contribution is -2.25. The molecule has 0 bridgehead atoms. The minimum atomic E-state index is -0.535. The largest absolute Gasteiger partial charge is 0.497 e. The van der Waals surface area contributed by atoms with Crippen LogP contribution < -0.4 is 4.74 Å². The van der Waals surface area contributed by atoms with Gasteiger partial charge in [0.2, 0.25) is 5.89 Å². The molecular formula is C16H18N2O4. The molecule has 1 atom stereocenters. The predicted molar refractivity (Wildman–Crippen MR) is 78.1 cm³/mol. The topological polar surface area (TPSA) is 74.5 Å². The quantitative estimate of drug-likeness (QED) is 0.790. The molecule has 2 aromatic rings. The summed E-state index contributed by atoms with van der Waals surface area (Å²) in [6.07, 6.45) is 2.38. The van der Waals surface area contributed by atoms with E-state index in [1.54, 1.807) is 14.0 Å². The molecule has 0 spiro atoms. The molecule has 3 rings (SSSR count). The van der Waals surface area contributed by atoms with Crippen LogP contribution in [0.3, 0.4) is 0 Å². The number of rotatable bonds is 5. The van der Waals surface area contributed by atoms with Crippen LogP contribution in [-0.2, 0) is 9.53 Å². The second-order valence-corrected chi connectivity index (χ2v) is 5.38. The number of esters is 1. The van der Waals surface area contributed by atoms with Gasteiger partial charge in [0.05, 0.1) is 13.0 Å². The second kappa shape index (κ2) is 6.17. The Kier molecular flexibility index (Phi) is 4.09. The molecule has 0 saturated heterocycles. The maximum atomic E-state index is 11.8. The molecule has 1 aliphatic carbocycles. The van der Waals surface area contributed by atoms with Crippen molar-refractivity contribution in [1.29, 1.82) is 0 Å². The first-order valence-electron chi connectivity index (χ1n) is 7.35. The summed E-state index contributed by atoms with van der Waals surface area (Å²) in [7, 11) is 1.61. The Morgan fingerprint density at radius 1 is 1.27 bits per heavy atom. The Morgan fingerprint density at radius 3 is 2.59 bits per heavy atom. The third-order valence-electron chi connectivity index (χ3n) is 3.86. The zero-order valence-corrected chi connectivity index (χ0v) is 12.6. The van der Waals surface area contributed by atoms with Gasteiger partial charge in [0.25, 0.3) is 5.89 Å². The van der Waals surface area contributed by atoms with E-state index in [1.807, 2.05) is 24.3 Å². The summed E-state index contributed by atoms with van der Waals surface area (Å²) in [6, 6.07) is 7.31. The van der Waals surface area contributed by atoms with Gasteiger partial charge in [0.15, 0.2) is 6.10 Å². The Balaban J connectivity index is 1.67. The minimum Gasteiger partial charge on any atom is -0.497 e. The molecule has 1 aromatic carbocycles. The van der Waals surface area contributed by atoms with E-state index in [-0.39, 0.29) is 11.9 Å². The zero-order chi connectivity index (χ0) is 15.5. The van der Waals surface area contributed by atoms with Crippen LogP contribution in [0.4, 0.5) is 0 Å². The van der Waals surface area contributed by atoms with Crippen LogP contribution in [0.1, 0.15) is 38.2 Å². The van der Waals surface area contributed by atoms with Gasteiger partial charge in [-0.2, -0.15) is 0 Å². The average Bonchev–Trinajstić information content (AvgIpc) is 2.95. The molecule has 6 nitrogen and oxygen atoms in total. The van der Waals surface area contributed by atoms with Crippen molar-refractivity contribution in [1.82, 2.24) is 10.2 Å². The van der Waals surface area contributed by atoms with Crippen LogP contribution in [-0.4, -0.2) is 23.3 Å². The molecule has 6 heteroatoms. The fraction of sp³-hybridized carbons (Fsp3) is 0.438. The van der Waals surface area contributed by atoms with Crippen LogP contribution in [0.5, 0.6) is 5.75 Å². The van der Waals surface area contributed by atoms with Gasteiger partial charge in [-0.1, -0.05) is 6.42 Å². The van der Waals surface area contributed by atoms with E-state index in [0.29, 0.717) is 11.8 Å². The summed E-state index contributed by atoms with van der Waals surface area (Å²) in [6.45, 7) is 1.74. The maximum absolute atomic E-state index is 11.8. The van der Waals surface area contributed by atoms with E-state index >= 15 is 0 Å². The number of methoxy groups -OCH3 is 1. The van der Waals surface area contributed by atoms with Gasteiger partial charge >= 0.3 is 5.97 Å². The van der Waals surface area contributed by atoms with Crippen molar-refractivity contribution >= 4 is 5.97 Å². The maximum Gasteiger partial charge on any atom is 0.309 e. The lowest BCUT2D eigenvalue weighted by molar-refractivity contribution is -0.157. The number of hydrogen-bond donors (Lipinski definition) is 0. The third kappa shape index (κ3) is 2.95. The van der Waals surface area contributed by atoms with Crippen molar-refractivity contribution in [3.63, 3.8) is 0 Å². The molecule has 1 fully saturated rings. The Morgan fingerprint density at radius 2 is 2.00 bits per heavy atom. The molecule has 1 aromatic heterocycles. The summed E-state index contributed by atoms with van der Waals surface area (Å²) in [5.41, 5.74) is 0.789. The molecule has 0 aliphatic heterocycles. The van der Waals surface area contributed by atoms with Crippen molar-refractivity contribution in [3.05, 3.63) is 30.2 Å². The minimum absolute atomic E-state index is 0.0337. The van der Waals surface area contributed by atoms with Crippen LogP contribution in [0.2, 0.25) is 0 Å². The lowest BCUT2D eigenvalue weighted by atomic mass is 9.86. The van der Waals surface area contributed by atoms with Gasteiger partial charge in [0, 0.05) is 5.56 Å². The number of carbonyl (C=O) groups excluding carboxylic acids is 1. The van der Waals surface area contributed by atoms with E-state index in [0.717, 1.165) is 30.6 Å². The zero-order valence-electron chi connectivity index (χ0n) is 12.6. The molecule has 22 heavy (non-hydrogen) atoms. The van der Waals surface area contributed by atoms with Gasteiger partial charge in [-0.3, -0.25) is 4.79 Å². The highest BCUT2D eigenvalue weighted by molar-refractivity contribution is 5.73. The SMILES string of the molecule is COc1ccc(-c2nnc([C@H](C)OC(=O)C3CCC3)o2)cc1. The number of aromatic nitrogens is 2. The van der Waals surface area contributed by atoms with E-state index in [2.05, 4.69) is 10.2 Å². The number of ether oxygens (including phenoxy) is 2.